The lowest BCUT2D eigenvalue weighted by molar-refractivity contribution is 0.150. The number of alkyl halides is 2. The van der Waals surface area contributed by atoms with E-state index in [0.29, 0.717) is 18.9 Å². The highest BCUT2D eigenvalue weighted by atomic mass is 19.3. The SMILES string of the molecule is NCCc1nnc(N(CCO)CC(F)F)o1. The first-order chi connectivity index (χ1) is 7.67. The molecule has 1 heterocycles. The minimum absolute atomic E-state index is 0.0159. The highest BCUT2D eigenvalue weighted by molar-refractivity contribution is 5.23. The molecule has 0 aromatic carbocycles. The number of rotatable bonds is 7. The van der Waals surface area contributed by atoms with Gasteiger partial charge in [0.05, 0.1) is 13.2 Å². The van der Waals surface area contributed by atoms with E-state index in [4.69, 9.17) is 15.3 Å². The van der Waals surface area contributed by atoms with E-state index >= 15 is 0 Å². The minimum Gasteiger partial charge on any atom is -0.408 e. The van der Waals surface area contributed by atoms with Crippen molar-refractivity contribution in [1.82, 2.24) is 10.2 Å². The van der Waals surface area contributed by atoms with E-state index in [1.54, 1.807) is 0 Å². The van der Waals surface area contributed by atoms with Gasteiger partial charge in [-0.15, -0.1) is 5.10 Å². The molecule has 0 radical (unpaired) electrons. The van der Waals surface area contributed by atoms with Gasteiger partial charge in [-0.3, -0.25) is 0 Å². The summed E-state index contributed by atoms with van der Waals surface area (Å²) < 4.78 is 29.6. The number of halogens is 2. The van der Waals surface area contributed by atoms with Gasteiger partial charge in [0, 0.05) is 19.5 Å². The van der Waals surface area contributed by atoms with Gasteiger partial charge in [-0.1, -0.05) is 5.10 Å². The summed E-state index contributed by atoms with van der Waals surface area (Å²) in [6.07, 6.45) is -2.13. The van der Waals surface area contributed by atoms with Crippen molar-refractivity contribution in [1.29, 1.82) is 0 Å². The fourth-order valence-corrected chi connectivity index (χ4v) is 1.15. The average Bonchev–Trinajstić information content (AvgIpc) is 2.66. The van der Waals surface area contributed by atoms with Crippen LogP contribution in [0.1, 0.15) is 5.89 Å². The molecule has 1 aromatic heterocycles. The summed E-state index contributed by atoms with van der Waals surface area (Å²) in [4.78, 5) is 1.14. The molecule has 3 N–H and O–H groups in total. The van der Waals surface area contributed by atoms with Gasteiger partial charge in [0.25, 0.3) is 6.43 Å². The van der Waals surface area contributed by atoms with Crippen LogP contribution in [0.5, 0.6) is 0 Å². The maximum Gasteiger partial charge on any atom is 0.318 e. The molecular weight excluding hydrogens is 222 g/mol. The van der Waals surface area contributed by atoms with Crippen LogP contribution < -0.4 is 10.6 Å². The first-order valence-electron chi connectivity index (χ1n) is 4.83. The molecule has 0 aliphatic carbocycles. The van der Waals surface area contributed by atoms with Crippen molar-refractivity contribution >= 4 is 6.01 Å². The lowest BCUT2D eigenvalue weighted by Crippen LogP contribution is -2.31. The standard InChI is InChI=1S/C8H14F2N4O2/c9-6(10)5-14(3-4-15)8-13-12-7(16-8)1-2-11/h6,15H,1-5,11H2. The van der Waals surface area contributed by atoms with Gasteiger partial charge in [-0.05, 0) is 0 Å². The number of aliphatic hydroxyl groups excluding tert-OH is 1. The number of hydrogen-bond acceptors (Lipinski definition) is 6. The fourth-order valence-electron chi connectivity index (χ4n) is 1.15. The molecule has 0 bridgehead atoms. The lowest BCUT2D eigenvalue weighted by Gasteiger charge is -2.17. The Morgan fingerprint density at radius 3 is 2.75 bits per heavy atom. The van der Waals surface area contributed by atoms with E-state index in [0.717, 1.165) is 4.90 Å². The van der Waals surface area contributed by atoms with Gasteiger partial charge in [0.1, 0.15) is 0 Å². The van der Waals surface area contributed by atoms with Crippen LogP contribution in [0.4, 0.5) is 14.8 Å². The highest BCUT2D eigenvalue weighted by Gasteiger charge is 2.17. The van der Waals surface area contributed by atoms with E-state index in [2.05, 4.69) is 10.2 Å². The van der Waals surface area contributed by atoms with Crippen molar-refractivity contribution in [2.24, 2.45) is 5.73 Å². The molecule has 0 saturated carbocycles. The van der Waals surface area contributed by atoms with E-state index in [1.807, 2.05) is 0 Å². The van der Waals surface area contributed by atoms with Crippen molar-refractivity contribution in [2.75, 3.05) is 31.1 Å². The minimum atomic E-state index is -2.53. The van der Waals surface area contributed by atoms with Crippen LogP contribution in [0.25, 0.3) is 0 Å². The van der Waals surface area contributed by atoms with Crippen LogP contribution in [-0.4, -0.2) is 48.0 Å². The zero-order valence-electron chi connectivity index (χ0n) is 8.64. The highest BCUT2D eigenvalue weighted by Crippen LogP contribution is 2.13. The van der Waals surface area contributed by atoms with Gasteiger partial charge in [0.2, 0.25) is 5.89 Å². The number of hydrogen-bond donors (Lipinski definition) is 2. The second kappa shape index (κ2) is 6.33. The molecule has 0 unspecified atom stereocenters. The second-order valence-electron chi connectivity index (χ2n) is 3.08. The summed E-state index contributed by atoms with van der Waals surface area (Å²) in [6, 6.07) is -0.0159. The smallest absolute Gasteiger partial charge is 0.318 e. The molecule has 0 fully saturated rings. The Labute approximate surface area is 91.0 Å². The predicted octanol–water partition coefficient (Wildman–Crippen LogP) is -0.365. The largest absolute Gasteiger partial charge is 0.408 e. The van der Waals surface area contributed by atoms with E-state index in [1.165, 1.54) is 0 Å². The zero-order valence-corrected chi connectivity index (χ0v) is 8.64. The third-order valence-electron chi connectivity index (χ3n) is 1.81. The fraction of sp³-hybridized carbons (Fsp3) is 0.750. The van der Waals surface area contributed by atoms with Crippen LogP contribution in [0.2, 0.25) is 0 Å². The molecule has 0 aliphatic heterocycles. The summed E-state index contributed by atoms with van der Waals surface area (Å²) in [7, 11) is 0. The quantitative estimate of drug-likeness (QED) is 0.671. The van der Waals surface area contributed by atoms with Crippen molar-refractivity contribution in [3.8, 4) is 0 Å². The Hall–Kier alpha value is -1.28. The number of anilines is 1. The Balaban J connectivity index is 2.67. The summed E-state index contributed by atoms with van der Waals surface area (Å²) in [6.45, 7) is -0.447. The molecule has 1 rings (SSSR count). The van der Waals surface area contributed by atoms with Gasteiger partial charge >= 0.3 is 6.01 Å². The van der Waals surface area contributed by atoms with Crippen LogP contribution in [0.15, 0.2) is 4.42 Å². The maximum atomic E-state index is 12.2. The predicted molar refractivity (Wildman–Crippen MR) is 52.4 cm³/mol. The van der Waals surface area contributed by atoms with Crippen LogP contribution in [0.3, 0.4) is 0 Å². The summed E-state index contributed by atoms with van der Waals surface area (Å²) in [5, 5.41) is 16.0. The van der Waals surface area contributed by atoms with E-state index < -0.39 is 13.0 Å². The van der Waals surface area contributed by atoms with Gasteiger partial charge in [-0.25, -0.2) is 8.78 Å². The first-order valence-corrected chi connectivity index (χ1v) is 4.83. The molecule has 6 nitrogen and oxygen atoms in total. The van der Waals surface area contributed by atoms with Crippen molar-refractivity contribution in [3.05, 3.63) is 5.89 Å². The normalized spacial score (nSPS) is 11.1. The van der Waals surface area contributed by atoms with Crippen LogP contribution in [-0.2, 0) is 6.42 Å². The molecule has 8 heteroatoms. The molecule has 0 aliphatic rings. The Morgan fingerprint density at radius 1 is 1.44 bits per heavy atom. The van der Waals surface area contributed by atoms with Crippen LogP contribution in [0, 0.1) is 0 Å². The maximum absolute atomic E-state index is 12.2. The number of aromatic nitrogens is 2. The van der Waals surface area contributed by atoms with E-state index in [9.17, 15) is 8.78 Å². The number of nitrogens with zero attached hydrogens (tertiary/aromatic N) is 3. The molecule has 0 saturated heterocycles. The molecular formula is C8H14F2N4O2. The van der Waals surface area contributed by atoms with Crippen molar-refractivity contribution < 1.29 is 18.3 Å². The molecule has 0 amide bonds. The Morgan fingerprint density at radius 2 is 2.19 bits per heavy atom. The third kappa shape index (κ3) is 3.70. The molecule has 0 spiro atoms. The van der Waals surface area contributed by atoms with Gasteiger partial charge < -0.3 is 20.2 Å². The second-order valence-corrected chi connectivity index (χ2v) is 3.08. The van der Waals surface area contributed by atoms with Crippen molar-refractivity contribution in [2.45, 2.75) is 12.8 Å². The first kappa shape index (κ1) is 12.8. The Kier molecular flexibility index (Phi) is 5.06. The zero-order chi connectivity index (χ0) is 12.0. The third-order valence-corrected chi connectivity index (χ3v) is 1.81. The number of nitrogens with two attached hydrogens (primary N) is 1. The average molecular weight is 236 g/mol. The molecule has 1 aromatic rings. The molecule has 0 atom stereocenters. The summed E-state index contributed by atoms with van der Waals surface area (Å²) in [5.41, 5.74) is 5.28. The van der Waals surface area contributed by atoms with Crippen molar-refractivity contribution in [3.63, 3.8) is 0 Å². The van der Waals surface area contributed by atoms with Gasteiger partial charge in [-0.2, -0.15) is 0 Å². The number of aliphatic hydroxyl groups is 1. The topological polar surface area (TPSA) is 88.4 Å². The van der Waals surface area contributed by atoms with Gasteiger partial charge in [0.15, 0.2) is 0 Å². The molecule has 16 heavy (non-hydrogen) atoms. The lowest BCUT2D eigenvalue weighted by atomic mass is 10.4. The Bertz CT molecular complexity index is 308. The summed E-state index contributed by atoms with van der Waals surface area (Å²) >= 11 is 0. The van der Waals surface area contributed by atoms with Crippen LogP contribution >= 0.6 is 0 Å². The summed E-state index contributed by atoms with van der Waals surface area (Å²) in [5.74, 6) is 0.301. The van der Waals surface area contributed by atoms with E-state index in [-0.39, 0.29) is 19.2 Å². The monoisotopic (exact) mass is 236 g/mol. The molecule has 92 valence electrons.